The second-order valence-electron chi connectivity index (χ2n) is 5.75. The Labute approximate surface area is 139 Å². The van der Waals surface area contributed by atoms with E-state index in [1.807, 2.05) is 11.8 Å². The second kappa shape index (κ2) is 6.66. The average molecular weight is 331 g/mol. The summed E-state index contributed by atoms with van der Waals surface area (Å²) in [6, 6.07) is 5.22. The summed E-state index contributed by atoms with van der Waals surface area (Å²) in [6.45, 7) is 5.33. The van der Waals surface area contributed by atoms with Gasteiger partial charge in [-0.05, 0) is 42.3 Å². The van der Waals surface area contributed by atoms with Crippen molar-refractivity contribution in [1.82, 2.24) is 14.7 Å². The third-order valence-electron chi connectivity index (χ3n) is 4.26. The predicted octanol–water partition coefficient (Wildman–Crippen LogP) is 2.86. The van der Waals surface area contributed by atoms with Gasteiger partial charge in [-0.2, -0.15) is 5.10 Å². The summed E-state index contributed by atoms with van der Waals surface area (Å²) in [6.07, 6.45) is 2.58. The van der Waals surface area contributed by atoms with Gasteiger partial charge in [0.25, 0.3) is 11.5 Å². The van der Waals surface area contributed by atoms with Crippen LogP contribution in [0.2, 0.25) is 0 Å². The molecule has 0 saturated carbocycles. The molecule has 0 N–H and O–H groups in total. The normalized spacial score (nSPS) is 17.1. The zero-order valence-electron chi connectivity index (χ0n) is 13.5. The van der Waals surface area contributed by atoms with Crippen LogP contribution in [-0.4, -0.2) is 27.1 Å². The Hall–Kier alpha value is -1.95. The highest BCUT2D eigenvalue weighted by Crippen LogP contribution is 2.35. The van der Waals surface area contributed by atoms with E-state index in [9.17, 15) is 9.59 Å². The van der Waals surface area contributed by atoms with Crippen molar-refractivity contribution in [2.75, 3.05) is 6.54 Å². The molecule has 2 aromatic rings. The van der Waals surface area contributed by atoms with E-state index in [-0.39, 0.29) is 17.5 Å². The Morgan fingerprint density at radius 1 is 1.35 bits per heavy atom. The summed E-state index contributed by atoms with van der Waals surface area (Å²) in [7, 11) is 0. The van der Waals surface area contributed by atoms with E-state index in [2.05, 4.69) is 23.5 Å². The lowest BCUT2D eigenvalue weighted by Crippen LogP contribution is -2.40. The molecule has 0 unspecified atom stereocenters. The molecule has 0 aliphatic carbocycles. The van der Waals surface area contributed by atoms with Crippen molar-refractivity contribution in [3.05, 3.63) is 50.1 Å². The molecule has 0 bridgehead atoms. The minimum atomic E-state index is -0.158. The highest BCUT2D eigenvalue weighted by molar-refractivity contribution is 7.10. The van der Waals surface area contributed by atoms with Gasteiger partial charge in [0.1, 0.15) is 5.69 Å². The first-order chi connectivity index (χ1) is 11.2. The lowest BCUT2D eigenvalue weighted by molar-refractivity contribution is 0.0648. The van der Waals surface area contributed by atoms with Crippen LogP contribution in [0.15, 0.2) is 28.4 Å². The Morgan fingerprint density at radius 2 is 2.17 bits per heavy atom. The molecule has 3 heterocycles. The van der Waals surface area contributed by atoms with Crippen LogP contribution in [0.1, 0.15) is 53.7 Å². The third-order valence-corrected chi connectivity index (χ3v) is 5.26. The molecule has 1 aliphatic rings. The van der Waals surface area contributed by atoms with Crippen molar-refractivity contribution in [1.29, 1.82) is 0 Å². The highest BCUT2D eigenvalue weighted by Gasteiger charge is 2.31. The topological polar surface area (TPSA) is 55.2 Å². The fraction of sp³-hybridized carbons (Fsp3) is 0.471. The van der Waals surface area contributed by atoms with Gasteiger partial charge in [-0.1, -0.05) is 13.8 Å². The van der Waals surface area contributed by atoms with E-state index in [4.69, 9.17) is 0 Å². The minimum Gasteiger partial charge on any atom is -0.330 e. The molecule has 2 aromatic heterocycles. The Balaban J connectivity index is 1.91. The van der Waals surface area contributed by atoms with Crippen LogP contribution in [0.5, 0.6) is 0 Å². The van der Waals surface area contributed by atoms with E-state index in [1.54, 1.807) is 17.4 Å². The second-order valence-corrected chi connectivity index (χ2v) is 6.75. The number of fused-ring (bicyclic) bond motifs is 1. The predicted molar refractivity (Wildman–Crippen MR) is 90.9 cm³/mol. The molecule has 0 radical (unpaired) electrons. The molecule has 3 rings (SSSR count). The molecule has 23 heavy (non-hydrogen) atoms. The van der Waals surface area contributed by atoms with E-state index >= 15 is 0 Å². The maximum Gasteiger partial charge on any atom is 0.274 e. The van der Waals surface area contributed by atoms with Gasteiger partial charge < -0.3 is 4.90 Å². The average Bonchev–Trinajstić information content (AvgIpc) is 3.04. The van der Waals surface area contributed by atoms with Gasteiger partial charge in [-0.15, -0.1) is 11.3 Å². The number of thiophene rings is 1. The van der Waals surface area contributed by atoms with Gasteiger partial charge in [-0.25, -0.2) is 4.68 Å². The number of amides is 1. The molecule has 6 heteroatoms. The third kappa shape index (κ3) is 2.95. The first-order valence-corrected chi connectivity index (χ1v) is 8.99. The Bertz CT molecular complexity index is 765. The molecule has 5 nitrogen and oxygen atoms in total. The van der Waals surface area contributed by atoms with Crippen molar-refractivity contribution >= 4 is 17.2 Å². The van der Waals surface area contributed by atoms with Crippen LogP contribution >= 0.6 is 11.3 Å². The SMILES string of the molecule is CCCn1nc(C(=O)N2CCc3sccc3[C@H]2CC)ccc1=O. The van der Waals surface area contributed by atoms with Crippen LogP contribution in [0.4, 0.5) is 0 Å². The van der Waals surface area contributed by atoms with Crippen LogP contribution in [0, 0.1) is 0 Å². The zero-order chi connectivity index (χ0) is 16.4. The first-order valence-electron chi connectivity index (χ1n) is 8.11. The van der Waals surface area contributed by atoms with Crippen LogP contribution in [-0.2, 0) is 13.0 Å². The molecule has 1 aliphatic heterocycles. The fourth-order valence-corrected chi connectivity index (χ4v) is 4.09. The summed E-state index contributed by atoms with van der Waals surface area (Å²) in [4.78, 5) is 28.0. The number of hydrogen-bond donors (Lipinski definition) is 0. The number of rotatable bonds is 4. The molecule has 0 aromatic carbocycles. The lowest BCUT2D eigenvalue weighted by Gasteiger charge is -2.35. The maximum absolute atomic E-state index is 12.9. The van der Waals surface area contributed by atoms with Crippen molar-refractivity contribution in [3.8, 4) is 0 Å². The van der Waals surface area contributed by atoms with Gasteiger partial charge >= 0.3 is 0 Å². The summed E-state index contributed by atoms with van der Waals surface area (Å²) < 4.78 is 1.38. The molecule has 0 spiro atoms. The van der Waals surface area contributed by atoms with Crippen molar-refractivity contribution in [3.63, 3.8) is 0 Å². The van der Waals surface area contributed by atoms with Crippen LogP contribution in [0.3, 0.4) is 0 Å². The number of nitrogens with zero attached hydrogens (tertiary/aromatic N) is 3. The number of hydrogen-bond acceptors (Lipinski definition) is 4. The van der Waals surface area contributed by atoms with E-state index in [0.717, 1.165) is 19.3 Å². The standard InChI is InChI=1S/C17H21N3O2S/c1-3-9-20-16(21)6-5-13(18-20)17(22)19-10-7-15-12(8-11-23-15)14(19)4-2/h5-6,8,11,14H,3-4,7,9-10H2,1-2H3/t14-/m1/s1. The van der Waals surface area contributed by atoms with Gasteiger partial charge in [-0.3, -0.25) is 9.59 Å². The monoisotopic (exact) mass is 331 g/mol. The maximum atomic E-state index is 12.9. The minimum absolute atomic E-state index is 0.0847. The summed E-state index contributed by atoms with van der Waals surface area (Å²) in [5.41, 5.74) is 1.46. The summed E-state index contributed by atoms with van der Waals surface area (Å²) in [5, 5.41) is 6.36. The van der Waals surface area contributed by atoms with Gasteiger partial charge in [0.15, 0.2) is 0 Å². The molecule has 1 atom stereocenters. The quantitative estimate of drug-likeness (QED) is 0.865. The van der Waals surface area contributed by atoms with Crippen molar-refractivity contribution in [2.45, 2.75) is 45.7 Å². The van der Waals surface area contributed by atoms with Crippen LogP contribution in [0.25, 0.3) is 0 Å². The highest BCUT2D eigenvalue weighted by atomic mass is 32.1. The Morgan fingerprint density at radius 3 is 2.91 bits per heavy atom. The van der Waals surface area contributed by atoms with Gasteiger partial charge in [0.2, 0.25) is 0 Å². The number of aromatic nitrogens is 2. The molecule has 0 fully saturated rings. The van der Waals surface area contributed by atoms with Gasteiger partial charge in [0.05, 0.1) is 6.04 Å². The first kappa shape index (κ1) is 15.9. The summed E-state index contributed by atoms with van der Waals surface area (Å²) >= 11 is 1.77. The van der Waals surface area contributed by atoms with E-state index in [1.165, 1.54) is 21.2 Å². The number of carbonyl (C=O) groups excluding carboxylic acids is 1. The van der Waals surface area contributed by atoms with Gasteiger partial charge in [0, 0.05) is 24.0 Å². The molecule has 122 valence electrons. The number of carbonyl (C=O) groups is 1. The number of aryl methyl sites for hydroxylation is 1. The summed E-state index contributed by atoms with van der Waals surface area (Å²) in [5.74, 6) is -0.0847. The molecular weight excluding hydrogens is 310 g/mol. The molecule has 0 saturated heterocycles. The van der Waals surface area contributed by atoms with Crippen LogP contribution < -0.4 is 5.56 Å². The van der Waals surface area contributed by atoms with E-state index in [0.29, 0.717) is 18.8 Å². The molecule has 1 amide bonds. The zero-order valence-corrected chi connectivity index (χ0v) is 14.3. The van der Waals surface area contributed by atoms with E-state index < -0.39 is 0 Å². The smallest absolute Gasteiger partial charge is 0.274 e. The largest absolute Gasteiger partial charge is 0.330 e. The molecular formula is C17H21N3O2S. The fourth-order valence-electron chi connectivity index (χ4n) is 3.16. The van der Waals surface area contributed by atoms with Crippen molar-refractivity contribution in [2.24, 2.45) is 0 Å². The Kier molecular flexibility index (Phi) is 4.61. The van der Waals surface area contributed by atoms with Crippen molar-refractivity contribution < 1.29 is 4.79 Å². The lowest BCUT2D eigenvalue weighted by atomic mass is 9.97.